The third-order valence-electron chi connectivity index (χ3n) is 3.57. The minimum Gasteiger partial charge on any atom is -0.145 e. The molecule has 0 amide bonds. The van der Waals surface area contributed by atoms with Crippen molar-refractivity contribution in [1.29, 1.82) is 0 Å². The zero-order valence-electron chi connectivity index (χ0n) is 11.4. The molecule has 2 unspecified atom stereocenters. The molecule has 0 aliphatic heterocycles. The maximum absolute atomic E-state index is 6.34. The van der Waals surface area contributed by atoms with E-state index in [0.717, 1.165) is 10.6 Å². The molecule has 2 atom stereocenters. The normalized spacial score (nSPS) is 14.4. The van der Waals surface area contributed by atoms with E-state index in [-0.39, 0.29) is 4.83 Å². The molecule has 0 fully saturated rings. The van der Waals surface area contributed by atoms with E-state index in [2.05, 4.69) is 59.4 Å². The molecule has 3 heteroatoms. The summed E-state index contributed by atoms with van der Waals surface area (Å²) < 4.78 is 0. The lowest BCUT2D eigenvalue weighted by Gasteiger charge is -2.13. The lowest BCUT2D eigenvalue weighted by molar-refractivity contribution is 0.733. The van der Waals surface area contributed by atoms with Gasteiger partial charge in [0.2, 0.25) is 0 Å². The fourth-order valence-corrected chi connectivity index (χ4v) is 4.29. The van der Waals surface area contributed by atoms with Gasteiger partial charge in [-0.15, -0.1) is 11.3 Å². The van der Waals surface area contributed by atoms with Crippen LogP contribution in [0.2, 0.25) is 5.02 Å². The molecule has 1 heterocycles. The van der Waals surface area contributed by atoms with Crippen LogP contribution in [0.5, 0.6) is 0 Å². The topological polar surface area (TPSA) is 0 Å². The van der Waals surface area contributed by atoms with Gasteiger partial charge in [-0.1, -0.05) is 65.6 Å². The Morgan fingerprint density at radius 1 is 1.21 bits per heavy atom. The van der Waals surface area contributed by atoms with E-state index in [1.165, 1.54) is 22.4 Å². The van der Waals surface area contributed by atoms with Crippen LogP contribution in [0.15, 0.2) is 29.6 Å². The summed E-state index contributed by atoms with van der Waals surface area (Å²) >= 11 is 11.8. The minimum atomic E-state index is 0.185. The standard InChI is InChI=1S/C16H18BrClS/c1-4-10(2)12-5-7-13(8-6-12)14(17)16-15(18)11(3)9-19-16/h5-10,14H,4H2,1-3H3. The SMILES string of the molecule is CCC(C)c1ccc(C(Br)c2scc(C)c2Cl)cc1. The molecule has 0 saturated carbocycles. The predicted molar refractivity (Wildman–Crippen MR) is 90.0 cm³/mol. The molecule has 0 aliphatic rings. The number of aryl methyl sites for hydroxylation is 1. The molecule has 0 saturated heterocycles. The highest BCUT2D eigenvalue weighted by Gasteiger charge is 2.17. The van der Waals surface area contributed by atoms with E-state index >= 15 is 0 Å². The maximum atomic E-state index is 6.34. The Morgan fingerprint density at radius 2 is 1.79 bits per heavy atom. The van der Waals surface area contributed by atoms with Gasteiger partial charge < -0.3 is 0 Å². The second-order valence-corrected chi connectivity index (χ2v) is 7.14. The summed E-state index contributed by atoms with van der Waals surface area (Å²) in [5.74, 6) is 0.621. The second kappa shape index (κ2) is 6.43. The Balaban J connectivity index is 2.25. The Hall–Kier alpha value is -0.310. The first-order valence-corrected chi connectivity index (χ1v) is 8.69. The largest absolute Gasteiger partial charge is 0.145 e. The molecule has 0 bridgehead atoms. The Labute approximate surface area is 132 Å². The van der Waals surface area contributed by atoms with Gasteiger partial charge in [0.05, 0.1) is 9.85 Å². The van der Waals surface area contributed by atoms with Crippen molar-refractivity contribution in [3.05, 3.63) is 56.2 Å². The molecular formula is C16H18BrClS. The summed E-state index contributed by atoms with van der Waals surface area (Å²) in [6.07, 6.45) is 1.17. The number of thiophene rings is 1. The average Bonchev–Trinajstić information content (AvgIpc) is 2.77. The molecule has 1 aromatic carbocycles. The molecule has 1 aromatic heterocycles. The van der Waals surface area contributed by atoms with Crippen LogP contribution in [-0.4, -0.2) is 0 Å². The molecule has 0 nitrogen and oxygen atoms in total. The Morgan fingerprint density at radius 3 is 2.26 bits per heavy atom. The average molecular weight is 358 g/mol. The molecule has 0 spiro atoms. The van der Waals surface area contributed by atoms with Crippen LogP contribution in [0.3, 0.4) is 0 Å². The predicted octanol–water partition coefficient (Wildman–Crippen LogP) is 6.71. The van der Waals surface area contributed by atoms with Gasteiger partial charge in [-0.25, -0.2) is 0 Å². The zero-order chi connectivity index (χ0) is 14.0. The first kappa shape index (κ1) is 15.1. The zero-order valence-corrected chi connectivity index (χ0v) is 14.6. The number of halogens is 2. The lowest BCUT2D eigenvalue weighted by atomic mass is 9.97. The number of alkyl halides is 1. The van der Waals surface area contributed by atoms with E-state index in [1.54, 1.807) is 11.3 Å². The van der Waals surface area contributed by atoms with Crippen LogP contribution >= 0.6 is 38.9 Å². The fourth-order valence-electron chi connectivity index (χ4n) is 2.00. The summed E-state index contributed by atoms with van der Waals surface area (Å²) in [5, 5.41) is 3.00. The summed E-state index contributed by atoms with van der Waals surface area (Å²) in [6, 6.07) is 8.86. The van der Waals surface area contributed by atoms with Gasteiger partial charge in [0, 0.05) is 4.88 Å². The molecule has 0 radical (unpaired) electrons. The van der Waals surface area contributed by atoms with Gasteiger partial charge in [-0.3, -0.25) is 0 Å². The Kier molecular flexibility index (Phi) is 5.10. The van der Waals surface area contributed by atoms with E-state index in [1.807, 2.05) is 6.92 Å². The van der Waals surface area contributed by atoms with Crippen LogP contribution in [0.1, 0.15) is 52.6 Å². The summed E-state index contributed by atoms with van der Waals surface area (Å²) in [7, 11) is 0. The van der Waals surface area contributed by atoms with Crippen molar-refractivity contribution in [2.24, 2.45) is 0 Å². The molecule has 102 valence electrons. The first-order chi connectivity index (χ1) is 9.04. The fraction of sp³-hybridized carbons (Fsp3) is 0.375. The van der Waals surface area contributed by atoms with E-state index in [4.69, 9.17) is 11.6 Å². The minimum absolute atomic E-state index is 0.185. The van der Waals surface area contributed by atoms with E-state index < -0.39 is 0 Å². The van der Waals surface area contributed by atoms with Gasteiger partial charge in [0.1, 0.15) is 0 Å². The molecule has 0 N–H and O–H groups in total. The molecule has 0 aliphatic carbocycles. The van der Waals surface area contributed by atoms with Crippen LogP contribution < -0.4 is 0 Å². The first-order valence-electron chi connectivity index (χ1n) is 6.52. The highest BCUT2D eigenvalue weighted by molar-refractivity contribution is 9.09. The lowest BCUT2D eigenvalue weighted by Crippen LogP contribution is -1.94. The maximum Gasteiger partial charge on any atom is 0.0753 e. The molecule has 2 rings (SSSR count). The van der Waals surface area contributed by atoms with E-state index in [9.17, 15) is 0 Å². The monoisotopic (exact) mass is 356 g/mol. The van der Waals surface area contributed by atoms with Gasteiger partial charge in [-0.05, 0) is 41.3 Å². The summed E-state index contributed by atoms with van der Waals surface area (Å²) in [5.41, 5.74) is 3.82. The van der Waals surface area contributed by atoms with Crippen molar-refractivity contribution in [2.45, 2.75) is 37.9 Å². The number of hydrogen-bond acceptors (Lipinski definition) is 1. The van der Waals surface area contributed by atoms with Gasteiger partial charge in [0.25, 0.3) is 0 Å². The van der Waals surface area contributed by atoms with Crippen molar-refractivity contribution in [3.8, 4) is 0 Å². The number of benzene rings is 1. The van der Waals surface area contributed by atoms with Crippen LogP contribution in [0.25, 0.3) is 0 Å². The second-order valence-electron chi connectivity index (χ2n) is 4.94. The van der Waals surface area contributed by atoms with Crippen molar-refractivity contribution in [1.82, 2.24) is 0 Å². The van der Waals surface area contributed by atoms with Gasteiger partial charge >= 0.3 is 0 Å². The smallest absolute Gasteiger partial charge is 0.0753 e. The van der Waals surface area contributed by atoms with Gasteiger partial charge in [-0.2, -0.15) is 0 Å². The van der Waals surface area contributed by atoms with Crippen molar-refractivity contribution >= 4 is 38.9 Å². The number of hydrogen-bond donors (Lipinski definition) is 0. The van der Waals surface area contributed by atoms with Crippen molar-refractivity contribution in [3.63, 3.8) is 0 Å². The van der Waals surface area contributed by atoms with Crippen LogP contribution in [-0.2, 0) is 0 Å². The van der Waals surface area contributed by atoms with Gasteiger partial charge in [0.15, 0.2) is 0 Å². The molecule has 2 aromatic rings. The highest BCUT2D eigenvalue weighted by Crippen LogP contribution is 2.40. The highest BCUT2D eigenvalue weighted by atomic mass is 79.9. The van der Waals surface area contributed by atoms with Crippen molar-refractivity contribution in [2.75, 3.05) is 0 Å². The van der Waals surface area contributed by atoms with E-state index in [0.29, 0.717) is 5.92 Å². The third-order valence-corrected chi connectivity index (χ3v) is 6.63. The van der Waals surface area contributed by atoms with Crippen LogP contribution in [0.4, 0.5) is 0 Å². The molecule has 19 heavy (non-hydrogen) atoms. The van der Waals surface area contributed by atoms with Crippen LogP contribution in [0, 0.1) is 6.92 Å². The third kappa shape index (κ3) is 3.24. The summed E-state index contributed by atoms with van der Waals surface area (Å²) in [6.45, 7) is 6.54. The summed E-state index contributed by atoms with van der Waals surface area (Å²) in [4.78, 5) is 1.38. The molecular weight excluding hydrogens is 340 g/mol. The quantitative estimate of drug-likeness (QED) is 0.533. The van der Waals surface area contributed by atoms with Crippen molar-refractivity contribution < 1.29 is 0 Å². The Bertz CT molecular complexity index is 544. The number of rotatable bonds is 4.